The van der Waals surface area contributed by atoms with Crippen LogP contribution in [0.5, 0.6) is 0 Å². The Labute approximate surface area is 147 Å². The Hall–Kier alpha value is -2.70. The van der Waals surface area contributed by atoms with E-state index in [0.717, 1.165) is 37.3 Å². The van der Waals surface area contributed by atoms with Crippen molar-refractivity contribution in [3.8, 4) is 0 Å². The number of likely N-dealkylation sites (tertiary alicyclic amines) is 1. The highest BCUT2D eigenvalue weighted by atomic mass is 16.2. The first-order valence-electron chi connectivity index (χ1n) is 8.62. The van der Waals surface area contributed by atoms with Crippen molar-refractivity contribution in [2.45, 2.75) is 45.8 Å². The van der Waals surface area contributed by atoms with E-state index < -0.39 is 0 Å². The number of carbonyl (C=O) groups excluding carboxylic acids is 2. The molecule has 1 unspecified atom stereocenters. The normalized spacial score (nSPS) is 16.9. The molecule has 3 rings (SSSR count). The average molecular weight is 341 g/mol. The highest BCUT2D eigenvalue weighted by molar-refractivity contribution is 5.94. The van der Waals surface area contributed by atoms with E-state index in [-0.39, 0.29) is 17.9 Å². The Kier molecular flexibility index (Phi) is 5.11. The van der Waals surface area contributed by atoms with Gasteiger partial charge in [0.15, 0.2) is 0 Å². The van der Waals surface area contributed by atoms with Crippen molar-refractivity contribution in [3.63, 3.8) is 0 Å². The molecule has 0 bridgehead atoms. The highest BCUT2D eigenvalue weighted by Gasteiger charge is 2.32. The second-order valence-electron chi connectivity index (χ2n) is 6.20. The average Bonchev–Trinajstić information content (AvgIpc) is 3.28. The smallest absolute Gasteiger partial charge is 0.257 e. The fourth-order valence-electron chi connectivity index (χ4n) is 3.13. The number of nitrogens with one attached hydrogen (secondary N) is 1. The molecule has 1 atom stereocenters. The summed E-state index contributed by atoms with van der Waals surface area (Å²) in [6, 6.07) is 5.72. The van der Waals surface area contributed by atoms with Crippen LogP contribution < -0.4 is 5.32 Å². The van der Waals surface area contributed by atoms with Crippen molar-refractivity contribution in [1.82, 2.24) is 25.0 Å². The van der Waals surface area contributed by atoms with E-state index in [4.69, 9.17) is 0 Å². The first-order chi connectivity index (χ1) is 12.1. The quantitative estimate of drug-likeness (QED) is 0.901. The van der Waals surface area contributed by atoms with Crippen molar-refractivity contribution in [1.29, 1.82) is 0 Å². The third-order valence-electron chi connectivity index (χ3n) is 4.41. The number of amides is 2. The molecular weight excluding hydrogens is 318 g/mol. The lowest BCUT2D eigenvalue weighted by Crippen LogP contribution is -2.31. The summed E-state index contributed by atoms with van der Waals surface area (Å²) < 4.78 is 1.75. The van der Waals surface area contributed by atoms with E-state index in [1.165, 1.54) is 6.92 Å². The van der Waals surface area contributed by atoms with E-state index in [2.05, 4.69) is 15.4 Å². The maximum Gasteiger partial charge on any atom is 0.257 e. The van der Waals surface area contributed by atoms with Gasteiger partial charge in [0.05, 0.1) is 35.7 Å². The summed E-state index contributed by atoms with van der Waals surface area (Å²) in [7, 11) is 0. The lowest BCUT2D eigenvalue weighted by atomic mass is 10.1. The molecule has 1 aliphatic rings. The molecule has 7 heteroatoms. The Morgan fingerprint density at radius 2 is 2.20 bits per heavy atom. The van der Waals surface area contributed by atoms with E-state index in [0.29, 0.717) is 12.1 Å². The minimum atomic E-state index is -0.0854. The van der Waals surface area contributed by atoms with Crippen molar-refractivity contribution >= 4 is 11.8 Å². The topological polar surface area (TPSA) is 80.1 Å². The largest absolute Gasteiger partial charge is 0.351 e. The number of hydrogen-bond acceptors (Lipinski definition) is 4. The molecule has 3 heterocycles. The predicted molar refractivity (Wildman–Crippen MR) is 92.7 cm³/mol. The fraction of sp³-hybridized carbons (Fsp3) is 0.444. The molecule has 2 aromatic heterocycles. The summed E-state index contributed by atoms with van der Waals surface area (Å²) in [4.78, 5) is 30.5. The molecular formula is C18H23N5O2. The summed E-state index contributed by atoms with van der Waals surface area (Å²) in [6.07, 6.45) is 5.26. The van der Waals surface area contributed by atoms with E-state index in [1.54, 1.807) is 17.1 Å². The number of aryl methyl sites for hydroxylation is 1. The van der Waals surface area contributed by atoms with Gasteiger partial charge in [-0.05, 0) is 31.9 Å². The molecule has 1 N–H and O–H groups in total. The summed E-state index contributed by atoms with van der Waals surface area (Å²) in [5.41, 5.74) is 2.28. The van der Waals surface area contributed by atoms with Crippen LogP contribution in [0, 0.1) is 0 Å². The Morgan fingerprint density at radius 3 is 2.92 bits per heavy atom. The molecule has 7 nitrogen and oxygen atoms in total. The molecule has 0 radical (unpaired) electrons. The molecule has 2 aromatic rings. The van der Waals surface area contributed by atoms with Crippen LogP contribution in [0.4, 0.5) is 0 Å². The van der Waals surface area contributed by atoms with Gasteiger partial charge < -0.3 is 10.2 Å². The van der Waals surface area contributed by atoms with Gasteiger partial charge in [-0.3, -0.25) is 19.3 Å². The maximum atomic E-state index is 12.8. The third-order valence-corrected chi connectivity index (χ3v) is 4.41. The van der Waals surface area contributed by atoms with Crippen molar-refractivity contribution in [3.05, 3.63) is 47.5 Å². The molecule has 0 spiro atoms. The summed E-state index contributed by atoms with van der Waals surface area (Å²) in [6.45, 7) is 5.33. The molecule has 0 aromatic carbocycles. The number of hydrogen-bond donors (Lipinski definition) is 1. The van der Waals surface area contributed by atoms with Gasteiger partial charge in [-0.25, -0.2) is 0 Å². The van der Waals surface area contributed by atoms with Crippen molar-refractivity contribution in [2.75, 3.05) is 6.54 Å². The van der Waals surface area contributed by atoms with Gasteiger partial charge in [0.25, 0.3) is 5.91 Å². The minimum absolute atomic E-state index is 0.00346. The maximum absolute atomic E-state index is 12.8. The second kappa shape index (κ2) is 7.46. The molecule has 1 aliphatic heterocycles. The van der Waals surface area contributed by atoms with Crippen LogP contribution in [-0.4, -0.2) is 38.0 Å². The molecule has 1 saturated heterocycles. The number of nitrogens with zero attached hydrogens (tertiary/aromatic N) is 4. The number of aromatic nitrogens is 3. The monoisotopic (exact) mass is 341 g/mol. The molecule has 1 fully saturated rings. The van der Waals surface area contributed by atoms with Crippen LogP contribution in [-0.2, 0) is 17.9 Å². The lowest BCUT2D eigenvalue weighted by Gasteiger charge is -2.24. The van der Waals surface area contributed by atoms with Gasteiger partial charge in [0.2, 0.25) is 5.91 Å². The fourth-order valence-corrected chi connectivity index (χ4v) is 3.13. The molecule has 0 aliphatic carbocycles. The SMILES string of the molecule is CCn1cc(C(=O)N2CCCC2c2cccc(CNC(C)=O)n2)cn1. The van der Waals surface area contributed by atoms with Crippen LogP contribution in [0.2, 0.25) is 0 Å². The first-order valence-corrected chi connectivity index (χ1v) is 8.62. The summed E-state index contributed by atoms with van der Waals surface area (Å²) >= 11 is 0. The van der Waals surface area contributed by atoms with E-state index >= 15 is 0 Å². The van der Waals surface area contributed by atoms with Gasteiger partial charge in [0, 0.05) is 26.2 Å². The Bertz CT molecular complexity index is 770. The summed E-state index contributed by atoms with van der Waals surface area (Å²) in [5, 5.41) is 6.95. The highest BCUT2D eigenvalue weighted by Crippen LogP contribution is 2.32. The number of pyridine rings is 1. The van der Waals surface area contributed by atoms with E-state index in [1.807, 2.05) is 30.0 Å². The van der Waals surface area contributed by atoms with Crippen molar-refractivity contribution < 1.29 is 9.59 Å². The Morgan fingerprint density at radius 1 is 1.36 bits per heavy atom. The molecule has 0 saturated carbocycles. The zero-order valence-corrected chi connectivity index (χ0v) is 14.6. The number of rotatable bonds is 5. The van der Waals surface area contributed by atoms with Crippen LogP contribution in [0.3, 0.4) is 0 Å². The predicted octanol–water partition coefficient (Wildman–Crippen LogP) is 1.91. The van der Waals surface area contributed by atoms with Crippen LogP contribution in [0.1, 0.15) is 54.5 Å². The van der Waals surface area contributed by atoms with Crippen molar-refractivity contribution in [2.24, 2.45) is 0 Å². The van der Waals surface area contributed by atoms with Gasteiger partial charge in [-0.1, -0.05) is 6.07 Å². The van der Waals surface area contributed by atoms with Gasteiger partial charge in [-0.15, -0.1) is 0 Å². The van der Waals surface area contributed by atoms with E-state index in [9.17, 15) is 9.59 Å². The first kappa shape index (κ1) is 17.1. The van der Waals surface area contributed by atoms with Gasteiger partial charge in [-0.2, -0.15) is 5.10 Å². The zero-order valence-electron chi connectivity index (χ0n) is 14.6. The molecule has 2 amide bonds. The van der Waals surface area contributed by atoms with Crippen LogP contribution in [0.25, 0.3) is 0 Å². The minimum Gasteiger partial charge on any atom is -0.351 e. The lowest BCUT2D eigenvalue weighted by molar-refractivity contribution is -0.119. The van der Waals surface area contributed by atoms with Gasteiger partial charge >= 0.3 is 0 Å². The third kappa shape index (κ3) is 3.87. The van der Waals surface area contributed by atoms with Gasteiger partial charge in [0.1, 0.15) is 0 Å². The van der Waals surface area contributed by atoms with Crippen LogP contribution >= 0.6 is 0 Å². The van der Waals surface area contributed by atoms with Crippen LogP contribution in [0.15, 0.2) is 30.6 Å². The number of carbonyl (C=O) groups is 2. The molecule has 132 valence electrons. The molecule has 25 heavy (non-hydrogen) atoms. The zero-order chi connectivity index (χ0) is 17.8. The summed E-state index contributed by atoms with van der Waals surface area (Å²) in [5.74, 6) is -0.0888. The standard InChI is InChI=1S/C18H23N5O2/c1-3-22-12-14(10-20-22)18(25)23-9-5-8-17(23)16-7-4-6-15(21-16)11-19-13(2)24/h4,6-7,10,12,17H,3,5,8-9,11H2,1-2H3,(H,19,24). The second-order valence-corrected chi connectivity index (χ2v) is 6.20. The Balaban J connectivity index is 1.78.